The maximum Gasteiger partial charge on any atom is 0.355 e. The van der Waals surface area contributed by atoms with Crippen molar-refractivity contribution in [3.8, 4) is 0 Å². The fourth-order valence-electron chi connectivity index (χ4n) is 2.53. The fraction of sp³-hybridized carbons (Fsp3) is 0.278. The zero-order chi connectivity index (χ0) is 18.7. The molecule has 0 aliphatic heterocycles. The van der Waals surface area contributed by atoms with Gasteiger partial charge in [-0.15, -0.1) is 0 Å². The predicted molar refractivity (Wildman–Crippen MR) is 97.9 cm³/mol. The largest absolute Gasteiger partial charge is 0.448 e. The Morgan fingerprint density at radius 3 is 2.28 bits per heavy atom. The lowest BCUT2D eigenvalue weighted by Crippen LogP contribution is -2.30. The summed E-state index contributed by atoms with van der Waals surface area (Å²) in [5, 5.41) is 2.67. The SMILES string of the molecule is CC(=O)c1c(C)[nH]c(C(=O)OC(C)C(=O)Nc2ccc(Br)cc2)c1C. The number of carbonyl (C=O) groups excluding carboxylic acids is 3. The number of nitrogens with one attached hydrogen (secondary N) is 2. The molecule has 0 bridgehead atoms. The molecule has 2 aromatic rings. The average molecular weight is 407 g/mol. The summed E-state index contributed by atoms with van der Waals surface area (Å²) in [7, 11) is 0. The van der Waals surface area contributed by atoms with Crippen molar-refractivity contribution in [3.63, 3.8) is 0 Å². The van der Waals surface area contributed by atoms with Crippen LogP contribution in [0.4, 0.5) is 5.69 Å². The summed E-state index contributed by atoms with van der Waals surface area (Å²) < 4.78 is 6.11. The summed E-state index contributed by atoms with van der Waals surface area (Å²) in [5.41, 5.74) is 2.38. The molecule has 25 heavy (non-hydrogen) atoms. The van der Waals surface area contributed by atoms with Gasteiger partial charge in [0.05, 0.1) is 0 Å². The number of Topliss-reactive ketones (excluding diaryl/α,β-unsaturated/α-hetero) is 1. The zero-order valence-electron chi connectivity index (χ0n) is 14.4. The minimum Gasteiger partial charge on any atom is -0.448 e. The fourth-order valence-corrected chi connectivity index (χ4v) is 2.80. The molecule has 1 aromatic heterocycles. The molecule has 0 aliphatic rings. The second-order valence-corrected chi connectivity index (χ2v) is 6.64. The first-order chi connectivity index (χ1) is 11.7. The Bertz CT molecular complexity index is 824. The van der Waals surface area contributed by atoms with Crippen LogP contribution in [0.2, 0.25) is 0 Å². The lowest BCUT2D eigenvalue weighted by Gasteiger charge is -2.13. The summed E-state index contributed by atoms with van der Waals surface area (Å²) in [5.74, 6) is -1.25. The summed E-state index contributed by atoms with van der Waals surface area (Å²) in [6.45, 7) is 6.31. The van der Waals surface area contributed by atoms with Crippen LogP contribution in [0.5, 0.6) is 0 Å². The van der Waals surface area contributed by atoms with Crippen molar-refractivity contribution in [1.82, 2.24) is 4.98 Å². The monoisotopic (exact) mass is 406 g/mol. The van der Waals surface area contributed by atoms with E-state index >= 15 is 0 Å². The Morgan fingerprint density at radius 2 is 1.76 bits per heavy atom. The number of halogens is 1. The number of hydrogen-bond acceptors (Lipinski definition) is 4. The van der Waals surface area contributed by atoms with E-state index in [0.717, 1.165) is 4.47 Å². The molecule has 2 rings (SSSR count). The molecule has 0 aliphatic carbocycles. The smallest absolute Gasteiger partial charge is 0.355 e. The molecule has 7 heteroatoms. The number of amides is 1. The van der Waals surface area contributed by atoms with Gasteiger partial charge in [0.25, 0.3) is 5.91 Å². The number of hydrogen-bond donors (Lipinski definition) is 2. The molecule has 1 unspecified atom stereocenters. The minimum atomic E-state index is -0.986. The first kappa shape index (κ1) is 18.9. The number of benzene rings is 1. The van der Waals surface area contributed by atoms with E-state index in [4.69, 9.17) is 4.74 Å². The van der Waals surface area contributed by atoms with Crippen molar-refractivity contribution in [1.29, 1.82) is 0 Å². The van der Waals surface area contributed by atoms with E-state index in [1.54, 1.807) is 38.1 Å². The van der Waals surface area contributed by atoms with Crippen LogP contribution < -0.4 is 5.32 Å². The Kier molecular flexibility index (Phi) is 5.79. The minimum absolute atomic E-state index is 0.133. The molecule has 0 radical (unpaired) electrons. The summed E-state index contributed by atoms with van der Waals surface area (Å²) in [4.78, 5) is 39.0. The maximum absolute atomic E-state index is 12.3. The molecule has 0 spiro atoms. The van der Waals surface area contributed by atoms with Crippen molar-refractivity contribution in [2.45, 2.75) is 33.8 Å². The third-order valence-corrected chi connectivity index (χ3v) is 4.29. The molecule has 6 nitrogen and oxygen atoms in total. The number of carbonyl (C=O) groups is 3. The van der Waals surface area contributed by atoms with Gasteiger partial charge in [-0.25, -0.2) is 4.79 Å². The highest BCUT2D eigenvalue weighted by molar-refractivity contribution is 9.10. The number of aryl methyl sites for hydroxylation is 1. The first-order valence-electron chi connectivity index (χ1n) is 7.68. The molecule has 132 valence electrons. The Morgan fingerprint density at radius 1 is 1.16 bits per heavy atom. The summed E-state index contributed by atoms with van der Waals surface area (Å²) in [6, 6.07) is 7.05. The van der Waals surface area contributed by atoms with Gasteiger partial charge in [0.1, 0.15) is 5.69 Å². The van der Waals surface area contributed by atoms with E-state index in [1.807, 2.05) is 0 Å². The summed E-state index contributed by atoms with van der Waals surface area (Å²) in [6.07, 6.45) is -0.986. The maximum atomic E-state index is 12.3. The van der Waals surface area contributed by atoms with E-state index in [-0.39, 0.29) is 11.5 Å². The van der Waals surface area contributed by atoms with Crippen molar-refractivity contribution in [2.24, 2.45) is 0 Å². The lowest BCUT2D eigenvalue weighted by atomic mass is 10.1. The van der Waals surface area contributed by atoms with Crippen LogP contribution in [-0.2, 0) is 9.53 Å². The topological polar surface area (TPSA) is 88.3 Å². The second kappa shape index (κ2) is 7.65. The number of anilines is 1. The standard InChI is InChI=1S/C18H19BrN2O4/c1-9-15(11(3)22)10(2)20-16(9)18(24)25-12(4)17(23)21-14-7-5-13(19)6-8-14/h5-8,12,20H,1-4H3,(H,21,23). The predicted octanol–water partition coefficient (Wildman–Crippen LogP) is 3.78. The number of ketones is 1. The number of H-pyrrole nitrogens is 1. The number of rotatable bonds is 5. The van der Waals surface area contributed by atoms with Gasteiger partial charge in [-0.3, -0.25) is 9.59 Å². The molecule has 1 amide bonds. The van der Waals surface area contributed by atoms with E-state index in [2.05, 4.69) is 26.2 Å². The van der Waals surface area contributed by atoms with E-state index in [9.17, 15) is 14.4 Å². The van der Waals surface area contributed by atoms with Crippen LogP contribution in [0.3, 0.4) is 0 Å². The van der Waals surface area contributed by atoms with E-state index in [0.29, 0.717) is 22.5 Å². The normalized spacial score (nSPS) is 11.7. The molecular weight excluding hydrogens is 388 g/mol. The number of aromatic nitrogens is 1. The highest BCUT2D eigenvalue weighted by Gasteiger charge is 2.24. The van der Waals surface area contributed by atoms with Gasteiger partial charge in [0.2, 0.25) is 0 Å². The molecule has 1 aromatic carbocycles. The van der Waals surface area contributed by atoms with Crippen LogP contribution in [0.25, 0.3) is 0 Å². The highest BCUT2D eigenvalue weighted by atomic mass is 79.9. The quantitative estimate of drug-likeness (QED) is 0.583. The first-order valence-corrected chi connectivity index (χ1v) is 8.47. The van der Waals surface area contributed by atoms with Crippen LogP contribution in [-0.4, -0.2) is 28.7 Å². The van der Waals surface area contributed by atoms with Gasteiger partial charge in [0, 0.05) is 21.4 Å². The van der Waals surface area contributed by atoms with Gasteiger partial charge in [-0.1, -0.05) is 15.9 Å². The van der Waals surface area contributed by atoms with Gasteiger partial charge < -0.3 is 15.0 Å². The van der Waals surface area contributed by atoms with E-state index < -0.39 is 18.0 Å². The van der Waals surface area contributed by atoms with Crippen molar-refractivity contribution in [2.75, 3.05) is 5.32 Å². The van der Waals surface area contributed by atoms with Crippen LogP contribution in [0.1, 0.15) is 46.0 Å². The molecule has 0 saturated heterocycles. The molecule has 2 N–H and O–H groups in total. The average Bonchev–Trinajstić information content (AvgIpc) is 2.84. The highest BCUT2D eigenvalue weighted by Crippen LogP contribution is 2.20. The third kappa shape index (κ3) is 4.36. The van der Waals surface area contributed by atoms with Crippen molar-refractivity contribution >= 4 is 39.3 Å². The van der Waals surface area contributed by atoms with Gasteiger partial charge in [-0.2, -0.15) is 0 Å². The summed E-state index contributed by atoms with van der Waals surface area (Å²) >= 11 is 3.31. The number of ether oxygens (including phenoxy) is 1. The molecule has 1 atom stereocenters. The van der Waals surface area contributed by atoms with Crippen LogP contribution in [0, 0.1) is 13.8 Å². The van der Waals surface area contributed by atoms with Crippen molar-refractivity contribution in [3.05, 3.63) is 51.3 Å². The Labute approximate surface area is 154 Å². The molecule has 1 heterocycles. The third-order valence-electron chi connectivity index (χ3n) is 3.76. The molecule has 0 saturated carbocycles. The molecule has 0 fully saturated rings. The van der Waals surface area contributed by atoms with Crippen LogP contribution in [0.15, 0.2) is 28.7 Å². The number of aromatic amines is 1. The zero-order valence-corrected chi connectivity index (χ0v) is 16.0. The number of esters is 1. The Hall–Kier alpha value is -2.41. The molecular formula is C18H19BrN2O4. The lowest BCUT2D eigenvalue weighted by molar-refractivity contribution is -0.123. The second-order valence-electron chi connectivity index (χ2n) is 5.72. The van der Waals surface area contributed by atoms with Gasteiger partial charge in [0.15, 0.2) is 11.9 Å². The van der Waals surface area contributed by atoms with Gasteiger partial charge in [-0.05, 0) is 57.5 Å². The van der Waals surface area contributed by atoms with Crippen molar-refractivity contribution < 1.29 is 19.1 Å². The van der Waals surface area contributed by atoms with E-state index in [1.165, 1.54) is 13.8 Å². The van der Waals surface area contributed by atoms with Gasteiger partial charge >= 0.3 is 5.97 Å². The van der Waals surface area contributed by atoms with Crippen LogP contribution >= 0.6 is 15.9 Å². The Balaban J connectivity index is 2.07.